The molecule has 3 fully saturated rings. The smallest absolute Gasteiger partial charge is 0.403 e. The summed E-state index contributed by atoms with van der Waals surface area (Å²) in [6.07, 6.45) is -15.0. The van der Waals surface area contributed by atoms with Crippen LogP contribution in [-0.4, -0.2) is 70.9 Å². The molecule has 37 heavy (non-hydrogen) atoms. The van der Waals surface area contributed by atoms with Crippen LogP contribution in [0, 0.1) is 29.1 Å². The first-order chi connectivity index (χ1) is 17.1. The number of aliphatic carboxylic acids is 1. The third-order valence-corrected chi connectivity index (χ3v) is 8.97. The zero-order chi connectivity index (χ0) is 27.8. The second-order valence-corrected chi connectivity index (χ2v) is 10.9. The maximum absolute atomic E-state index is 14.7. The predicted molar refractivity (Wildman–Crippen MR) is 119 cm³/mol. The Hall–Kier alpha value is -1.60. The minimum Gasteiger partial charge on any atom is -0.481 e. The molecule has 0 aliphatic heterocycles. The van der Waals surface area contributed by atoms with Gasteiger partial charge in [-0.25, -0.2) is 0 Å². The van der Waals surface area contributed by atoms with Gasteiger partial charge in [0.15, 0.2) is 5.41 Å². The molecule has 3 aliphatic rings. The number of carboxylic acid groups (broad SMARTS) is 1. The molecule has 0 bridgehead atoms. The van der Waals surface area contributed by atoms with Crippen LogP contribution in [0.2, 0.25) is 0 Å². The number of carbonyl (C=O) groups is 2. The maximum atomic E-state index is 14.7. The molecule has 0 aromatic rings. The standard InChI is InChI=1S/C24H36F6N2O5/c1-31-16-10-12(6-8-18(16)33)22(23(25,26)27,24(28,29)30)13-7-9-19(34)17(11-13)32-20(35)14-4-2-3-5-15(14)21(36)37/h12-19,31,33-34H,2-11H2,1H3,(H,32,35)(H,36,37). The van der Waals surface area contributed by atoms with Crippen LogP contribution in [0.4, 0.5) is 26.3 Å². The fourth-order valence-corrected chi connectivity index (χ4v) is 7.05. The van der Waals surface area contributed by atoms with Gasteiger partial charge in [-0.1, -0.05) is 12.8 Å². The summed E-state index contributed by atoms with van der Waals surface area (Å²) in [5, 5.41) is 35.0. The molecule has 214 valence electrons. The van der Waals surface area contributed by atoms with Crippen LogP contribution in [0.5, 0.6) is 0 Å². The molecule has 8 unspecified atom stereocenters. The number of carbonyl (C=O) groups excluding carboxylic acids is 1. The minimum absolute atomic E-state index is 0.224. The van der Waals surface area contributed by atoms with Gasteiger partial charge in [0.2, 0.25) is 5.91 Å². The molecule has 0 saturated heterocycles. The second-order valence-electron chi connectivity index (χ2n) is 10.9. The van der Waals surface area contributed by atoms with Crippen molar-refractivity contribution in [2.75, 3.05) is 7.05 Å². The molecule has 3 saturated carbocycles. The summed E-state index contributed by atoms with van der Waals surface area (Å²) in [4.78, 5) is 24.5. The maximum Gasteiger partial charge on any atom is 0.403 e. The summed E-state index contributed by atoms with van der Waals surface area (Å²) < 4.78 is 88.0. The monoisotopic (exact) mass is 546 g/mol. The highest BCUT2D eigenvalue weighted by atomic mass is 19.4. The molecule has 0 radical (unpaired) electrons. The average molecular weight is 547 g/mol. The van der Waals surface area contributed by atoms with Crippen LogP contribution in [0.25, 0.3) is 0 Å². The summed E-state index contributed by atoms with van der Waals surface area (Å²) in [6, 6.07) is -2.31. The molecule has 3 aliphatic carbocycles. The number of aliphatic hydroxyl groups excluding tert-OH is 2. The summed E-state index contributed by atoms with van der Waals surface area (Å²) in [6.45, 7) is 0. The van der Waals surface area contributed by atoms with Gasteiger partial charge in [0.1, 0.15) is 0 Å². The molecule has 0 spiro atoms. The number of rotatable bonds is 6. The van der Waals surface area contributed by atoms with Crippen molar-refractivity contribution in [3.8, 4) is 0 Å². The van der Waals surface area contributed by atoms with Crippen LogP contribution in [-0.2, 0) is 9.59 Å². The van der Waals surface area contributed by atoms with E-state index < -0.39 is 103 Å². The van der Waals surface area contributed by atoms with Crippen LogP contribution in [0.3, 0.4) is 0 Å². The summed E-state index contributed by atoms with van der Waals surface area (Å²) >= 11 is 0. The molecular formula is C24H36F6N2O5. The Morgan fingerprint density at radius 2 is 1.19 bits per heavy atom. The fraction of sp³-hybridized carbons (Fsp3) is 0.917. The topological polar surface area (TPSA) is 119 Å². The quantitative estimate of drug-likeness (QED) is 0.326. The van der Waals surface area contributed by atoms with Gasteiger partial charge in [-0.2, -0.15) is 26.3 Å². The van der Waals surface area contributed by atoms with E-state index in [0.29, 0.717) is 12.8 Å². The number of hydrogen-bond acceptors (Lipinski definition) is 5. The van der Waals surface area contributed by atoms with Crippen molar-refractivity contribution in [2.24, 2.45) is 29.1 Å². The van der Waals surface area contributed by atoms with Gasteiger partial charge in [0, 0.05) is 6.04 Å². The normalized spacial score (nSPS) is 36.1. The number of alkyl halides is 6. The lowest BCUT2D eigenvalue weighted by Crippen LogP contribution is -2.64. The third-order valence-electron chi connectivity index (χ3n) is 8.97. The van der Waals surface area contributed by atoms with Crippen molar-refractivity contribution < 1.29 is 51.3 Å². The minimum atomic E-state index is -5.67. The van der Waals surface area contributed by atoms with Crippen LogP contribution in [0.1, 0.15) is 64.2 Å². The lowest BCUT2D eigenvalue weighted by Gasteiger charge is -2.53. The first kappa shape index (κ1) is 29.9. The van der Waals surface area contributed by atoms with Crippen molar-refractivity contribution in [1.82, 2.24) is 10.6 Å². The number of amides is 1. The summed E-state index contributed by atoms with van der Waals surface area (Å²) in [7, 11) is 1.37. The number of aliphatic hydroxyl groups is 2. The molecule has 0 aromatic carbocycles. The van der Waals surface area contributed by atoms with Gasteiger partial charge in [0.05, 0.1) is 30.1 Å². The number of likely N-dealkylation sites (N-methyl/N-ethyl adjacent to an activating group) is 1. The highest BCUT2D eigenvalue weighted by Crippen LogP contribution is 2.64. The van der Waals surface area contributed by atoms with E-state index >= 15 is 0 Å². The molecule has 0 aromatic heterocycles. The van der Waals surface area contributed by atoms with Crippen LogP contribution >= 0.6 is 0 Å². The SMILES string of the molecule is CNC1CC(C(C2CCC(O)C(NC(=O)C3CCCCC3C(=O)O)C2)(C(F)(F)F)C(F)(F)F)CCC1O. The predicted octanol–water partition coefficient (Wildman–Crippen LogP) is 3.38. The molecule has 5 N–H and O–H groups in total. The molecule has 1 amide bonds. The Labute approximate surface area is 211 Å². The van der Waals surface area contributed by atoms with Gasteiger partial charge >= 0.3 is 18.3 Å². The lowest BCUT2D eigenvalue weighted by molar-refractivity contribution is -0.383. The van der Waals surface area contributed by atoms with Gasteiger partial charge in [0.25, 0.3) is 0 Å². The van der Waals surface area contributed by atoms with Crippen molar-refractivity contribution in [3.05, 3.63) is 0 Å². The Morgan fingerprint density at radius 3 is 1.65 bits per heavy atom. The average Bonchev–Trinajstić information content (AvgIpc) is 2.80. The Kier molecular flexibility index (Phi) is 9.11. The first-order valence-electron chi connectivity index (χ1n) is 12.8. The number of carboxylic acids is 1. The fourth-order valence-electron chi connectivity index (χ4n) is 7.05. The van der Waals surface area contributed by atoms with Crippen molar-refractivity contribution in [1.29, 1.82) is 0 Å². The van der Waals surface area contributed by atoms with Gasteiger partial charge in [-0.05, 0) is 70.3 Å². The van der Waals surface area contributed by atoms with E-state index in [1.54, 1.807) is 0 Å². The van der Waals surface area contributed by atoms with Crippen molar-refractivity contribution in [3.63, 3.8) is 0 Å². The largest absolute Gasteiger partial charge is 0.481 e. The van der Waals surface area contributed by atoms with E-state index in [2.05, 4.69) is 10.6 Å². The lowest BCUT2D eigenvalue weighted by atomic mass is 9.56. The van der Waals surface area contributed by atoms with E-state index in [1.807, 2.05) is 0 Å². The van der Waals surface area contributed by atoms with E-state index in [-0.39, 0.29) is 25.7 Å². The van der Waals surface area contributed by atoms with Gasteiger partial charge in [-0.15, -0.1) is 0 Å². The highest BCUT2D eigenvalue weighted by molar-refractivity contribution is 5.85. The van der Waals surface area contributed by atoms with Crippen LogP contribution < -0.4 is 10.6 Å². The molecule has 0 heterocycles. The number of nitrogens with one attached hydrogen (secondary N) is 2. The Bertz CT molecular complexity index is 808. The molecule has 7 nitrogen and oxygen atoms in total. The molecule has 13 heteroatoms. The van der Waals surface area contributed by atoms with E-state index in [9.17, 15) is 51.3 Å². The van der Waals surface area contributed by atoms with Gasteiger partial charge in [-0.3, -0.25) is 9.59 Å². The molecule has 3 rings (SSSR count). The molecule has 8 atom stereocenters. The summed E-state index contributed by atoms with van der Waals surface area (Å²) in [5.74, 6) is -7.75. The Balaban J connectivity index is 1.92. The number of hydrogen-bond donors (Lipinski definition) is 5. The zero-order valence-electron chi connectivity index (χ0n) is 20.6. The van der Waals surface area contributed by atoms with E-state index in [1.165, 1.54) is 7.05 Å². The first-order valence-corrected chi connectivity index (χ1v) is 12.8. The number of halogens is 6. The third kappa shape index (κ3) is 5.73. The van der Waals surface area contributed by atoms with Crippen molar-refractivity contribution >= 4 is 11.9 Å². The van der Waals surface area contributed by atoms with E-state index in [0.717, 1.165) is 0 Å². The molecular weight excluding hydrogens is 510 g/mol. The highest BCUT2D eigenvalue weighted by Gasteiger charge is 2.77. The zero-order valence-corrected chi connectivity index (χ0v) is 20.6. The van der Waals surface area contributed by atoms with Crippen molar-refractivity contribution in [2.45, 2.75) is 101 Å². The van der Waals surface area contributed by atoms with Crippen LogP contribution in [0.15, 0.2) is 0 Å². The Morgan fingerprint density at radius 1 is 0.730 bits per heavy atom. The summed E-state index contributed by atoms with van der Waals surface area (Å²) in [5.41, 5.74) is -4.09. The second kappa shape index (κ2) is 11.3. The van der Waals surface area contributed by atoms with E-state index in [4.69, 9.17) is 0 Å². The van der Waals surface area contributed by atoms with Gasteiger partial charge < -0.3 is 26.0 Å².